The lowest BCUT2D eigenvalue weighted by Crippen LogP contribution is -2.37. The van der Waals surface area contributed by atoms with Crippen LogP contribution in [0.2, 0.25) is 10.0 Å². The molecule has 0 saturated carbocycles. The van der Waals surface area contributed by atoms with Crippen molar-refractivity contribution in [2.75, 3.05) is 13.7 Å². The molecule has 10 nitrogen and oxygen atoms in total. The van der Waals surface area contributed by atoms with Crippen molar-refractivity contribution in [3.05, 3.63) is 83.3 Å². The van der Waals surface area contributed by atoms with Crippen molar-refractivity contribution in [2.24, 2.45) is 14.1 Å². The standard InChI is InChI=1S/C28H25Cl2N5O5S2/c1-5-10-34-24(36)21(42-28(34)41)12-15-6-9-19(20(11-15)39-4)40-26-31-23-22(25(37)33(3)27(38)32(23)2)35(26)14-16-7-8-17(29)13-18(16)30/h6-9,11-13H,5,10,14H2,1-4H3. The van der Waals surface area contributed by atoms with Crippen LogP contribution >= 0.6 is 47.2 Å². The molecule has 14 heteroatoms. The molecule has 218 valence electrons. The Balaban J connectivity index is 1.58. The van der Waals surface area contributed by atoms with Crippen LogP contribution in [0.1, 0.15) is 24.5 Å². The van der Waals surface area contributed by atoms with Gasteiger partial charge < -0.3 is 9.47 Å². The van der Waals surface area contributed by atoms with Crippen molar-refractivity contribution in [3.63, 3.8) is 0 Å². The van der Waals surface area contributed by atoms with Gasteiger partial charge in [0, 0.05) is 30.7 Å². The van der Waals surface area contributed by atoms with Crippen LogP contribution in [0.3, 0.4) is 0 Å². The van der Waals surface area contributed by atoms with Crippen molar-refractivity contribution in [1.82, 2.24) is 23.6 Å². The number of methoxy groups -OCH3 is 1. The highest BCUT2D eigenvalue weighted by molar-refractivity contribution is 8.26. The summed E-state index contributed by atoms with van der Waals surface area (Å²) in [5, 5.41) is 0.856. The first kappa shape index (κ1) is 29.9. The number of nitrogens with zero attached hydrogens (tertiary/aromatic N) is 5. The summed E-state index contributed by atoms with van der Waals surface area (Å²) in [6, 6.07) is 10.2. The van der Waals surface area contributed by atoms with E-state index in [2.05, 4.69) is 4.98 Å². The maximum Gasteiger partial charge on any atom is 0.332 e. The molecule has 1 saturated heterocycles. The molecule has 4 aromatic rings. The number of aryl methyl sites for hydroxylation is 1. The fourth-order valence-corrected chi connectivity index (χ4v) is 6.27. The number of hydrogen-bond donors (Lipinski definition) is 0. The van der Waals surface area contributed by atoms with Crippen LogP contribution in [0.25, 0.3) is 17.2 Å². The minimum Gasteiger partial charge on any atom is -0.493 e. The average Bonchev–Trinajstić information content (AvgIpc) is 3.45. The predicted molar refractivity (Wildman–Crippen MR) is 169 cm³/mol. The van der Waals surface area contributed by atoms with Gasteiger partial charge in [0.2, 0.25) is 0 Å². The van der Waals surface area contributed by atoms with Crippen LogP contribution in [0.5, 0.6) is 17.5 Å². The molecule has 5 rings (SSSR count). The molecule has 2 aromatic heterocycles. The first-order valence-corrected chi connectivity index (χ1v) is 14.7. The van der Waals surface area contributed by atoms with E-state index in [-0.39, 0.29) is 29.6 Å². The van der Waals surface area contributed by atoms with Crippen molar-refractivity contribution >= 4 is 74.6 Å². The average molecular weight is 647 g/mol. The van der Waals surface area contributed by atoms with E-state index < -0.39 is 11.2 Å². The van der Waals surface area contributed by atoms with Crippen LogP contribution in [-0.2, 0) is 25.4 Å². The number of aromatic nitrogens is 4. The van der Waals surface area contributed by atoms with Crippen LogP contribution in [0, 0.1) is 0 Å². The molecular formula is C28H25Cl2N5O5S2. The van der Waals surface area contributed by atoms with E-state index in [1.54, 1.807) is 51.9 Å². The fraction of sp³-hybridized carbons (Fsp3) is 0.250. The molecule has 3 heterocycles. The Hall–Kier alpha value is -3.58. The Kier molecular flexibility index (Phi) is 8.51. The van der Waals surface area contributed by atoms with E-state index in [4.69, 9.17) is 44.9 Å². The zero-order chi connectivity index (χ0) is 30.3. The molecule has 0 aliphatic carbocycles. The van der Waals surface area contributed by atoms with Gasteiger partial charge in [0.15, 0.2) is 22.7 Å². The summed E-state index contributed by atoms with van der Waals surface area (Å²) >= 11 is 19.2. The maximum absolute atomic E-state index is 13.3. The molecule has 42 heavy (non-hydrogen) atoms. The third kappa shape index (κ3) is 5.47. The second-order valence-electron chi connectivity index (χ2n) is 9.44. The Morgan fingerprint density at radius 1 is 1.05 bits per heavy atom. The summed E-state index contributed by atoms with van der Waals surface area (Å²) in [4.78, 5) is 45.4. The van der Waals surface area contributed by atoms with Crippen molar-refractivity contribution in [2.45, 2.75) is 19.9 Å². The summed E-state index contributed by atoms with van der Waals surface area (Å²) in [5.74, 6) is 0.527. The van der Waals surface area contributed by atoms with Crippen LogP contribution < -0.4 is 20.7 Å². The normalized spacial score (nSPS) is 14.4. The van der Waals surface area contributed by atoms with Crippen molar-refractivity contribution in [1.29, 1.82) is 0 Å². The van der Waals surface area contributed by atoms with E-state index in [1.807, 2.05) is 6.92 Å². The van der Waals surface area contributed by atoms with Gasteiger partial charge in [0.1, 0.15) is 4.32 Å². The molecule has 0 N–H and O–H groups in total. The van der Waals surface area contributed by atoms with E-state index in [1.165, 1.54) is 37.5 Å². The van der Waals surface area contributed by atoms with Gasteiger partial charge in [0.25, 0.3) is 11.5 Å². The Morgan fingerprint density at radius 2 is 1.81 bits per heavy atom. The monoisotopic (exact) mass is 645 g/mol. The number of amides is 1. The SMILES string of the molecule is CCCN1C(=O)C(=Cc2ccc(Oc3nc4c(c(=O)n(C)c(=O)n4C)n3Cc3ccc(Cl)cc3Cl)c(OC)c2)SC1=S. The first-order valence-electron chi connectivity index (χ1n) is 12.8. The maximum atomic E-state index is 13.3. The third-order valence-electron chi connectivity index (χ3n) is 6.66. The number of benzene rings is 2. The second-order valence-corrected chi connectivity index (χ2v) is 12.0. The lowest BCUT2D eigenvalue weighted by Gasteiger charge is -2.14. The van der Waals surface area contributed by atoms with E-state index >= 15 is 0 Å². The summed E-state index contributed by atoms with van der Waals surface area (Å²) in [6.45, 7) is 2.66. The Bertz CT molecular complexity index is 1910. The smallest absolute Gasteiger partial charge is 0.332 e. The number of carbonyl (C=O) groups is 1. The third-order valence-corrected chi connectivity index (χ3v) is 8.63. The molecule has 1 aliphatic rings. The van der Waals surface area contributed by atoms with Gasteiger partial charge in [0.05, 0.1) is 18.6 Å². The quantitative estimate of drug-likeness (QED) is 0.190. The first-order chi connectivity index (χ1) is 20.0. The summed E-state index contributed by atoms with van der Waals surface area (Å²) in [5.41, 5.74) is 0.596. The number of hydrogen-bond acceptors (Lipinski definition) is 8. The Labute approximate surface area is 260 Å². The zero-order valence-electron chi connectivity index (χ0n) is 23.0. The van der Waals surface area contributed by atoms with Gasteiger partial charge in [-0.2, -0.15) is 4.98 Å². The molecule has 1 aliphatic heterocycles. The van der Waals surface area contributed by atoms with E-state index in [9.17, 15) is 14.4 Å². The molecule has 0 bridgehead atoms. The van der Waals surface area contributed by atoms with Crippen molar-refractivity contribution < 1.29 is 14.3 Å². The molecule has 2 aromatic carbocycles. The van der Waals surface area contributed by atoms with Gasteiger partial charge in [-0.25, -0.2) is 4.79 Å². The highest BCUT2D eigenvalue weighted by Gasteiger charge is 2.31. The van der Waals surface area contributed by atoms with Gasteiger partial charge in [-0.1, -0.05) is 66.2 Å². The number of carbonyl (C=O) groups excluding carboxylic acids is 1. The Morgan fingerprint density at radius 3 is 2.50 bits per heavy atom. The lowest BCUT2D eigenvalue weighted by molar-refractivity contribution is -0.122. The van der Waals surface area contributed by atoms with E-state index in [0.29, 0.717) is 48.4 Å². The molecular weight excluding hydrogens is 621 g/mol. The van der Waals surface area contributed by atoms with Gasteiger partial charge in [-0.3, -0.25) is 28.2 Å². The molecule has 1 fully saturated rings. The number of thioether (sulfide) groups is 1. The number of rotatable bonds is 8. The number of fused-ring (bicyclic) bond motifs is 1. The number of imidazole rings is 1. The lowest BCUT2D eigenvalue weighted by atomic mass is 10.2. The summed E-state index contributed by atoms with van der Waals surface area (Å²) in [7, 11) is 4.41. The highest BCUT2D eigenvalue weighted by atomic mass is 35.5. The van der Waals surface area contributed by atoms with Gasteiger partial charge in [-0.15, -0.1) is 0 Å². The molecule has 0 atom stereocenters. The molecule has 0 radical (unpaired) electrons. The number of halogens is 2. The minimum atomic E-state index is -0.539. The fourth-order valence-electron chi connectivity index (χ4n) is 4.50. The molecule has 0 unspecified atom stereocenters. The zero-order valence-corrected chi connectivity index (χ0v) is 26.2. The minimum absolute atomic E-state index is 0.0424. The number of ether oxygens (including phenoxy) is 2. The molecule has 0 spiro atoms. The predicted octanol–water partition coefficient (Wildman–Crippen LogP) is 5.20. The van der Waals surface area contributed by atoms with Crippen LogP contribution in [0.15, 0.2) is 50.9 Å². The van der Waals surface area contributed by atoms with Crippen molar-refractivity contribution in [3.8, 4) is 17.5 Å². The number of thiocarbonyl (C=S) groups is 1. The van der Waals surface area contributed by atoms with Crippen LogP contribution in [0.4, 0.5) is 0 Å². The summed E-state index contributed by atoms with van der Waals surface area (Å²) in [6.07, 6.45) is 2.55. The van der Waals surface area contributed by atoms with Gasteiger partial charge in [-0.05, 0) is 47.9 Å². The highest BCUT2D eigenvalue weighted by Crippen LogP contribution is 2.37. The molecule has 1 amide bonds. The van der Waals surface area contributed by atoms with Gasteiger partial charge >= 0.3 is 11.7 Å². The topological polar surface area (TPSA) is 101 Å². The second kappa shape index (κ2) is 12.0. The van der Waals surface area contributed by atoms with E-state index in [0.717, 1.165) is 11.0 Å². The summed E-state index contributed by atoms with van der Waals surface area (Å²) < 4.78 is 16.2. The van der Waals surface area contributed by atoms with Crippen LogP contribution in [-0.4, -0.2) is 47.5 Å². The largest absolute Gasteiger partial charge is 0.493 e.